The summed E-state index contributed by atoms with van der Waals surface area (Å²) in [4.78, 5) is 17.3. The second kappa shape index (κ2) is 4.99. The minimum atomic E-state index is -0.231. The summed E-state index contributed by atoms with van der Waals surface area (Å²) in [5.41, 5.74) is -0.231. The molecule has 0 radical (unpaired) electrons. The van der Waals surface area contributed by atoms with Gasteiger partial charge in [0.25, 0.3) is 5.91 Å². The first-order valence-electron chi connectivity index (χ1n) is 5.37. The summed E-state index contributed by atoms with van der Waals surface area (Å²) in [5.74, 6) is 1.11. The molecule has 1 amide bonds. The Hall–Kier alpha value is 0.160. The van der Waals surface area contributed by atoms with Crippen molar-refractivity contribution in [3.8, 4) is 0 Å². The van der Waals surface area contributed by atoms with Gasteiger partial charge in [0.15, 0.2) is 0 Å². The monoisotopic (exact) mass is 325 g/mol. The van der Waals surface area contributed by atoms with Crippen LogP contribution in [0.1, 0.15) is 27.2 Å². The molecule has 1 fully saturated rings. The highest BCUT2D eigenvalue weighted by Crippen LogP contribution is 2.42. The molecule has 0 N–H and O–H groups in total. The third-order valence-corrected chi connectivity index (χ3v) is 4.30. The van der Waals surface area contributed by atoms with Gasteiger partial charge in [-0.3, -0.25) is 9.63 Å². The lowest BCUT2D eigenvalue weighted by molar-refractivity contribution is -0.173. The first-order valence-corrected chi connectivity index (χ1v) is 6.90. The van der Waals surface area contributed by atoms with E-state index in [-0.39, 0.29) is 11.3 Å². The second-order valence-electron chi connectivity index (χ2n) is 4.92. The van der Waals surface area contributed by atoms with E-state index in [0.29, 0.717) is 11.8 Å². The molecule has 0 saturated carbocycles. The average molecular weight is 325 g/mol. The molecule has 15 heavy (non-hydrogen) atoms. The average Bonchev–Trinajstić information content (AvgIpc) is 2.39. The number of halogens is 1. The molecule has 0 aromatic rings. The molecule has 0 bridgehead atoms. The summed E-state index contributed by atoms with van der Waals surface area (Å²) in [6.45, 7) is 7.15. The summed E-state index contributed by atoms with van der Waals surface area (Å²) in [7, 11) is 1.57. The van der Waals surface area contributed by atoms with Gasteiger partial charge in [0.1, 0.15) is 0 Å². The van der Waals surface area contributed by atoms with E-state index < -0.39 is 0 Å². The molecule has 1 heterocycles. The largest absolute Gasteiger partial charge is 0.274 e. The minimum absolute atomic E-state index is 0.153. The minimum Gasteiger partial charge on any atom is -0.274 e. The normalized spacial score (nSPS) is 31.7. The van der Waals surface area contributed by atoms with Gasteiger partial charge < -0.3 is 0 Å². The number of alkyl halides is 1. The lowest BCUT2D eigenvalue weighted by atomic mass is 9.74. The van der Waals surface area contributed by atoms with E-state index in [1.54, 1.807) is 7.11 Å². The standard InChI is InChI=1S/C11H20INO2/c1-8(2)5-11(3)9(6-12)7-13(15-4)10(11)14/h8-9H,5-7H2,1-4H3/t9-,11-/m1/s1. The van der Waals surface area contributed by atoms with E-state index in [9.17, 15) is 4.79 Å². The molecular formula is C11H20INO2. The highest BCUT2D eigenvalue weighted by molar-refractivity contribution is 14.1. The summed E-state index contributed by atoms with van der Waals surface area (Å²) in [6.07, 6.45) is 0.944. The molecule has 3 nitrogen and oxygen atoms in total. The number of carbonyl (C=O) groups is 1. The highest BCUT2D eigenvalue weighted by Gasteiger charge is 2.50. The van der Waals surface area contributed by atoms with Crippen LogP contribution >= 0.6 is 22.6 Å². The molecule has 1 rings (SSSR count). The Balaban J connectivity index is 2.87. The van der Waals surface area contributed by atoms with Crippen LogP contribution in [0.4, 0.5) is 0 Å². The van der Waals surface area contributed by atoms with Crippen molar-refractivity contribution < 1.29 is 9.63 Å². The summed E-state index contributed by atoms with van der Waals surface area (Å²) in [6, 6.07) is 0. The van der Waals surface area contributed by atoms with Gasteiger partial charge in [-0.2, -0.15) is 0 Å². The lowest BCUT2D eigenvalue weighted by Crippen LogP contribution is -2.35. The topological polar surface area (TPSA) is 29.5 Å². The van der Waals surface area contributed by atoms with E-state index in [1.165, 1.54) is 5.06 Å². The van der Waals surface area contributed by atoms with Crippen LogP contribution in [-0.4, -0.2) is 29.1 Å². The van der Waals surface area contributed by atoms with Crippen molar-refractivity contribution in [3.05, 3.63) is 0 Å². The van der Waals surface area contributed by atoms with E-state index in [2.05, 4.69) is 43.4 Å². The van der Waals surface area contributed by atoms with Crippen LogP contribution in [0.25, 0.3) is 0 Å². The zero-order valence-corrected chi connectivity index (χ0v) is 12.1. The van der Waals surface area contributed by atoms with Crippen molar-refractivity contribution in [2.45, 2.75) is 27.2 Å². The van der Waals surface area contributed by atoms with Gasteiger partial charge in [-0.25, -0.2) is 5.06 Å². The molecule has 0 aromatic heterocycles. The number of amides is 1. The van der Waals surface area contributed by atoms with Gasteiger partial charge in [-0.1, -0.05) is 43.4 Å². The molecule has 1 aliphatic heterocycles. The zero-order valence-electron chi connectivity index (χ0n) is 9.92. The quantitative estimate of drug-likeness (QED) is 0.587. The summed E-state index contributed by atoms with van der Waals surface area (Å²) < 4.78 is 1.01. The van der Waals surface area contributed by atoms with E-state index in [4.69, 9.17) is 4.84 Å². The Kier molecular flexibility index (Phi) is 4.40. The van der Waals surface area contributed by atoms with Crippen LogP contribution in [-0.2, 0) is 9.63 Å². The van der Waals surface area contributed by atoms with Gasteiger partial charge in [0.2, 0.25) is 0 Å². The Morgan fingerprint density at radius 2 is 2.27 bits per heavy atom. The Morgan fingerprint density at radius 1 is 1.67 bits per heavy atom. The van der Waals surface area contributed by atoms with Gasteiger partial charge in [0, 0.05) is 10.3 Å². The molecule has 0 spiro atoms. The maximum Gasteiger partial charge on any atom is 0.252 e. The smallest absolute Gasteiger partial charge is 0.252 e. The summed E-state index contributed by atoms with van der Waals surface area (Å²) in [5, 5.41) is 1.52. The molecule has 0 unspecified atom stereocenters. The number of hydroxylamine groups is 2. The second-order valence-corrected chi connectivity index (χ2v) is 5.80. The molecule has 1 aliphatic rings. The fraction of sp³-hybridized carbons (Fsp3) is 0.909. The molecule has 88 valence electrons. The fourth-order valence-electron chi connectivity index (χ4n) is 2.42. The van der Waals surface area contributed by atoms with Crippen LogP contribution in [0, 0.1) is 17.3 Å². The zero-order chi connectivity index (χ0) is 11.6. The lowest BCUT2D eigenvalue weighted by Gasteiger charge is -2.28. The van der Waals surface area contributed by atoms with Crippen molar-refractivity contribution >= 4 is 28.5 Å². The number of rotatable bonds is 4. The summed E-state index contributed by atoms with van der Waals surface area (Å²) >= 11 is 2.36. The third kappa shape index (κ3) is 2.46. The van der Waals surface area contributed by atoms with Crippen molar-refractivity contribution in [2.75, 3.05) is 18.1 Å². The van der Waals surface area contributed by atoms with Gasteiger partial charge in [-0.05, 0) is 12.3 Å². The predicted octanol–water partition coefficient (Wildman–Crippen LogP) is 2.49. The Labute approximate surface area is 106 Å². The highest BCUT2D eigenvalue weighted by atomic mass is 127. The van der Waals surface area contributed by atoms with E-state index in [0.717, 1.165) is 17.4 Å². The van der Waals surface area contributed by atoms with Crippen LogP contribution in [0.3, 0.4) is 0 Å². The Morgan fingerprint density at radius 3 is 2.67 bits per heavy atom. The van der Waals surface area contributed by atoms with Crippen LogP contribution in [0.5, 0.6) is 0 Å². The maximum absolute atomic E-state index is 12.2. The molecule has 2 atom stereocenters. The predicted molar refractivity (Wildman–Crippen MR) is 68.7 cm³/mol. The molecule has 0 aliphatic carbocycles. The van der Waals surface area contributed by atoms with E-state index >= 15 is 0 Å². The van der Waals surface area contributed by atoms with Crippen LogP contribution < -0.4 is 0 Å². The van der Waals surface area contributed by atoms with E-state index in [1.807, 2.05) is 0 Å². The molecule has 0 aromatic carbocycles. The SMILES string of the molecule is CON1C[C@@H](CI)[C@@](C)(CC(C)C)C1=O. The van der Waals surface area contributed by atoms with Crippen molar-refractivity contribution in [1.29, 1.82) is 0 Å². The van der Waals surface area contributed by atoms with Crippen molar-refractivity contribution in [3.63, 3.8) is 0 Å². The van der Waals surface area contributed by atoms with Gasteiger partial charge >= 0.3 is 0 Å². The van der Waals surface area contributed by atoms with Crippen molar-refractivity contribution in [2.24, 2.45) is 17.3 Å². The van der Waals surface area contributed by atoms with Crippen LogP contribution in [0.15, 0.2) is 0 Å². The van der Waals surface area contributed by atoms with Gasteiger partial charge in [-0.15, -0.1) is 0 Å². The molecule has 4 heteroatoms. The van der Waals surface area contributed by atoms with Gasteiger partial charge in [0.05, 0.1) is 19.1 Å². The van der Waals surface area contributed by atoms with Crippen molar-refractivity contribution in [1.82, 2.24) is 5.06 Å². The number of hydrogen-bond acceptors (Lipinski definition) is 2. The Bertz CT molecular complexity index is 245. The molecular weight excluding hydrogens is 305 g/mol. The number of nitrogens with zero attached hydrogens (tertiary/aromatic N) is 1. The first kappa shape index (κ1) is 13.2. The molecule has 1 saturated heterocycles. The number of hydrogen-bond donors (Lipinski definition) is 0. The number of carbonyl (C=O) groups excluding carboxylic acids is 1. The third-order valence-electron chi connectivity index (χ3n) is 3.24. The van der Waals surface area contributed by atoms with Crippen LogP contribution in [0.2, 0.25) is 0 Å². The fourth-order valence-corrected chi connectivity index (χ4v) is 3.67. The maximum atomic E-state index is 12.2. The first-order chi connectivity index (χ1) is 6.95.